The van der Waals surface area contributed by atoms with Crippen molar-refractivity contribution in [2.75, 3.05) is 11.9 Å². The fourth-order valence-corrected chi connectivity index (χ4v) is 2.86. The number of ether oxygens (including phenoxy) is 1. The van der Waals surface area contributed by atoms with Gasteiger partial charge in [0.25, 0.3) is 5.91 Å². The maximum Gasteiger partial charge on any atom is 0.331 e. The van der Waals surface area contributed by atoms with Gasteiger partial charge in [0.1, 0.15) is 0 Å². The lowest BCUT2D eigenvalue weighted by molar-refractivity contribution is -0.142. The lowest BCUT2D eigenvalue weighted by atomic mass is 10.0. The predicted octanol–water partition coefficient (Wildman–Crippen LogP) is 5.16. The zero-order chi connectivity index (χ0) is 19.9. The van der Waals surface area contributed by atoms with Crippen molar-refractivity contribution in [2.24, 2.45) is 0 Å². The van der Waals surface area contributed by atoms with Crippen LogP contribution in [0.5, 0.6) is 0 Å². The molecule has 3 rings (SSSR count). The Kier molecular flexibility index (Phi) is 6.22. The van der Waals surface area contributed by atoms with Gasteiger partial charge < -0.3 is 10.1 Å². The molecular weight excluding hydrogens is 350 g/mol. The summed E-state index contributed by atoms with van der Waals surface area (Å²) < 4.78 is 5.03. The number of amides is 1. The average molecular weight is 373 g/mol. The number of benzene rings is 3. The Morgan fingerprint density at radius 2 is 1.68 bits per heavy atom. The monoisotopic (exact) mass is 373 g/mol. The fourth-order valence-electron chi connectivity index (χ4n) is 2.86. The third-order valence-electron chi connectivity index (χ3n) is 4.42. The molecule has 0 aliphatic heterocycles. The summed E-state index contributed by atoms with van der Waals surface area (Å²) in [5, 5.41) is 4.76. The van der Waals surface area contributed by atoms with Gasteiger partial charge in [-0.15, -0.1) is 0 Å². The molecule has 0 fully saturated rings. The van der Waals surface area contributed by atoms with Crippen molar-refractivity contribution in [3.05, 3.63) is 83.9 Å². The van der Waals surface area contributed by atoms with Gasteiger partial charge in [-0.25, -0.2) is 4.79 Å². The Labute approximate surface area is 164 Å². The molecule has 4 nitrogen and oxygen atoms in total. The summed E-state index contributed by atoms with van der Waals surface area (Å²) in [7, 11) is 0. The molecule has 0 aliphatic carbocycles. The van der Waals surface area contributed by atoms with E-state index < -0.39 is 5.97 Å². The number of hydrogen-bond donors (Lipinski definition) is 1. The summed E-state index contributed by atoms with van der Waals surface area (Å²) in [6.07, 6.45) is 3.00. The van der Waals surface area contributed by atoms with Crippen LogP contribution in [0, 0.1) is 0 Å². The topological polar surface area (TPSA) is 55.4 Å². The van der Waals surface area contributed by atoms with Crippen molar-refractivity contribution >= 4 is 34.4 Å². The molecule has 1 amide bonds. The Hall–Kier alpha value is -3.40. The number of hydrogen-bond acceptors (Lipinski definition) is 3. The second-order valence-electron chi connectivity index (χ2n) is 6.84. The van der Waals surface area contributed by atoms with Crippen LogP contribution in [0.4, 0.5) is 5.69 Å². The predicted molar refractivity (Wildman–Crippen MR) is 113 cm³/mol. The highest BCUT2D eigenvalue weighted by atomic mass is 16.5. The summed E-state index contributed by atoms with van der Waals surface area (Å²) in [6, 6.07) is 21.4. The number of carbonyl (C=O) groups is 2. The van der Waals surface area contributed by atoms with E-state index in [-0.39, 0.29) is 12.5 Å². The van der Waals surface area contributed by atoms with Gasteiger partial charge in [-0.3, -0.25) is 4.79 Å². The zero-order valence-corrected chi connectivity index (χ0v) is 16.0. The van der Waals surface area contributed by atoms with Crippen LogP contribution in [0.2, 0.25) is 0 Å². The number of carbonyl (C=O) groups excluding carboxylic acids is 2. The van der Waals surface area contributed by atoms with Crippen molar-refractivity contribution in [3.8, 4) is 0 Å². The van der Waals surface area contributed by atoms with Crippen molar-refractivity contribution in [1.29, 1.82) is 0 Å². The number of fused-ring (bicyclic) bond motifs is 1. The number of esters is 1. The summed E-state index contributed by atoms with van der Waals surface area (Å²) in [5.74, 6) is -0.469. The van der Waals surface area contributed by atoms with Gasteiger partial charge in [-0.1, -0.05) is 74.5 Å². The standard InChI is InChI=1S/C24H23NO3/c1-17(2)19-13-10-18(11-14-19)12-15-24(27)28-16-23(26)25-22-9-5-7-20-6-3-4-8-21(20)22/h3-15,17H,16H2,1-2H3,(H,25,26). The third kappa shape index (κ3) is 5.07. The fraction of sp³-hybridized carbons (Fsp3) is 0.167. The van der Waals surface area contributed by atoms with Crippen LogP contribution in [0.15, 0.2) is 72.8 Å². The van der Waals surface area contributed by atoms with Crippen LogP contribution >= 0.6 is 0 Å². The molecule has 0 aliphatic rings. The molecule has 4 heteroatoms. The average Bonchev–Trinajstić information content (AvgIpc) is 2.71. The van der Waals surface area contributed by atoms with Crippen molar-refractivity contribution in [1.82, 2.24) is 0 Å². The number of rotatable bonds is 6. The van der Waals surface area contributed by atoms with Gasteiger partial charge in [-0.2, -0.15) is 0 Å². The van der Waals surface area contributed by atoms with Crippen LogP contribution in [0.3, 0.4) is 0 Å². The third-order valence-corrected chi connectivity index (χ3v) is 4.42. The van der Waals surface area contributed by atoms with Crippen LogP contribution in [0.25, 0.3) is 16.8 Å². The Bertz CT molecular complexity index is 999. The summed E-state index contributed by atoms with van der Waals surface area (Å²) in [4.78, 5) is 24.0. The highest BCUT2D eigenvalue weighted by Crippen LogP contribution is 2.22. The first-order valence-corrected chi connectivity index (χ1v) is 9.25. The smallest absolute Gasteiger partial charge is 0.331 e. The molecule has 142 valence electrons. The van der Waals surface area contributed by atoms with E-state index in [1.807, 2.05) is 66.7 Å². The quantitative estimate of drug-likeness (QED) is 0.480. The summed E-state index contributed by atoms with van der Waals surface area (Å²) >= 11 is 0. The van der Waals surface area contributed by atoms with Gasteiger partial charge in [-0.05, 0) is 34.6 Å². The van der Waals surface area contributed by atoms with Crippen LogP contribution in [-0.2, 0) is 14.3 Å². The van der Waals surface area contributed by atoms with Gasteiger partial charge in [0.05, 0.1) is 0 Å². The number of anilines is 1. The first-order chi connectivity index (χ1) is 13.5. The van der Waals surface area contributed by atoms with Gasteiger partial charge in [0, 0.05) is 17.1 Å². The molecule has 0 aromatic heterocycles. The molecule has 0 spiro atoms. The lowest BCUT2D eigenvalue weighted by Crippen LogP contribution is -2.20. The van der Waals surface area contributed by atoms with E-state index in [0.29, 0.717) is 11.6 Å². The van der Waals surface area contributed by atoms with Gasteiger partial charge in [0.2, 0.25) is 0 Å². The minimum Gasteiger partial charge on any atom is -0.452 e. The van der Waals surface area contributed by atoms with E-state index in [4.69, 9.17) is 4.74 Å². The van der Waals surface area contributed by atoms with Crippen molar-refractivity contribution in [3.63, 3.8) is 0 Å². The first kappa shape index (κ1) is 19.4. The van der Waals surface area contributed by atoms with Crippen LogP contribution < -0.4 is 5.32 Å². The normalized spacial score (nSPS) is 11.1. The van der Waals surface area contributed by atoms with Crippen LogP contribution in [-0.4, -0.2) is 18.5 Å². The molecule has 0 bridgehead atoms. The molecule has 0 radical (unpaired) electrons. The maximum absolute atomic E-state index is 12.1. The van der Waals surface area contributed by atoms with Crippen molar-refractivity contribution < 1.29 is 14.3 Å². The molecule has 0 atom stereocenters. The van der Waals surface area contributed by atoms with E-state index in [1.165, 1.54) is 11.6 Å². The lowest BCUT2D eigenvalue weighted by Gasteiger charge is -2.08. The van der Waals surface area contributed by atoms with E-state index in [2.05, 4.69) is 19.2 Å². The summed E-state index contributed by atoms with van der Waals surface area (Å²) in [6.45, 7) is 3.93. The highest BCUT2D eigenvalue weighted by Gasteiger charge is 2.08. The molecule has 0 saturated heterocycles. The molecule has 28 heavy (non-hydrogen) atoms. The maximum atomic E-state index is 12.1. The first-order valence-electron chi connectivity index (χ1n) is 9.25. The molecule has 3 aromatic carbocycles. The zero-order valence-electron chi connectivity index (χ0n) is 16.0. The minimum atomic E-state index is -0.555. The molecule has 1 N–H and O–H groups in total. The van der Waals surface area contributed by atoms with E-state index in [1.54, 1.807) is 6.08 Å². The Morgan fingerprint density at radius 1 is 0.964 bits per heavy atom. The largest absolute Gasteiger partial charge is 0.452 e. The van der Waals surface area contributed by atoms with Gasteiger partial charge >= 0.3 is 5.97 Å². The Morgan fingerprint density at radius 3 is 2.43 bits per heavy atom. The Balaban J connectivity index is 1.53. The SMILES string of the molecule is CC(C)c1ccc(C=CC(=O)OCC(=O)Nc2cccc3ccccc23)cc1. The molecule has 0 unspecified atom stereocenters. The second kappa shape index (κ2) is 9.00. The van der Waals surface area contributed by atoms with E-state index in [0.717, 1.165) is 16.3 Å². The van der Waals surface area contributed by atoms with Gasteiger partial charge in [0.15, 0.2) is 6.61 Å². The number of nitrogens with one attached hydrogen (secondary N) is 1. The van der Waals surface area contributed by atoms with E-state index in [9.17, 15) is 9.59 Å². The molecule has 0 heterocycles. The second-order valence-corrected chi connectivity index (χ2v) is 6.84. The minimum absolute atomic E-state index is 0.335. The van der Waals surface area contributed by atoms with Crippen LogP contribution in [0.1, 0.15) is 30.9 Å². The summed E-state index contributed by atoms with van der Waals surface area (Å²) in [5.41, 5.74) is 2.84. The molecule has 0 saturated carbocycles. The molecular formula is C24H23NO3. The highest BCUT2D eigenvalue weighted by molar-refractivity contribution is 6.03. The van der Waals surface area contributed by atoms with E-state index >= 15 is 0 Å². The molecule has 3 aromatic rings. The van der Waals surface area contributed by atoms with Crippen molar-refractivity contribution in [2.45, 2.75) is 19.8 Å².